The number of nitrogens with zero attached hydrogens (tertiary/aromatic N) is 2. The molecule has 1 N–H and O–H groups in total. The van der Waals surface area contributed by atoms with Gasteiger partial charge in [0.2, 0.25) is 0 Å². The Labute approximate surface area is 72.2 Å². The first-order valence-corrected chi connectivity index (χ1v) is 3.66. The molecule has 0 spiro atoms. The van der Waals surface area contributed by atoms with Gasteiger partial charge in [0, 0.05) is 37.9 Å². The van der Waals surface area contributed by atoms with E-state index >= 15 is 0 Å². The third-order valence-electron chi connectivity index (χ3n) is 1.89. The number of rotatable bonds is 0. The van der Waals surface area contributed by atoms with Crippen LogP contribution in [0.3, 0.4) is 0 Å². The van der Waals surface area contributed by atoms with Gasteiger partial charge in [-0.3, -0.25) is 0 Å². The first-order chi connectivity index (χ1) is 4.97. The molecule has 11 heavy (non-hydrogen) atoms. The first-order valence-electron chi connectivity index (χ1n) is 3.66. The average Bonchev–Trinajstić information content (AvgIpc) is 2.28. The fourth-order valence-corrected chi connectivity index (χ4v) is 1.30. The van der Waals surface area contributed by atoms with Gasteiger partial charge in [0.25, 0.3) is 0 Å². The number of hydrogen-bond acceptors (Lipinski definition) is 2. The molecule has 1 aliphatic rings. The van der Waals surface area contributed by atoms with E-state index < -0.39 is 0 Å². The quantitative estimate of drug-likeness (QED) is 0.618. The number of fused-ring (bicyclic) bond motifs is 1. The van der Waals surface area contributed by atoms with Crippen molar-refractivity contribution in [3.63, 3.8) is 0 Å². The molecule has 0 bridgehead atoms. The average molecular weight is 174 g/mol. The van der Waals surface area contributed by atoms with Crippen molar-refractivity contribution in [1.29, 1.82) is 0 Å². The second kappa shape index (κ2) is 3.74. The van der Waals surface area contributed by atoms with Crippen molar-refractivity contribution in [3.8, 4) is 0 Å². The summed E-state index contributed by atoms with van der Waals surface area (Å²) in [6, 6.07) is 0. The summed E-state index contributed by atoms with van der Waals surface area (Å²) in [5, 5.41) is 3.33. The summed E-state index contributed by atoms with van der Waals surface area (Å²) in [5.74, 6) is 0. The lowest BCUT2D eigenvalue weighted by Crippen LogP contribution is -2.17. The van der Waals surface area contributed by atoms with E-state index in [1.54, 1.807) is 0 Å². The topological polar surface area (TPSA) is 29.9 Å². The highest BCUT2D eigenvalue weighted by molar-refractivity contribution is 5.85. The highest BCUT2D eigenvalue weighted by Crippen LogP contribution is 2.01. The maximum atomic E-state index is 4.08. The van der Waals surface area contributed by atoms with Gasteiger partial charge in [-0.25, -0.2) is 4.98 Å². The second-order valence-corrected chi connectivity index (χ2v) is 2.58. The molecule has 62 valence electrons. The van der Waals surface area contributed by atoms with Crippen LogP contribution in [0.25, 0.3) is 0 Å². The van der Waals surface area contributed by atoms with Crippen LogP contribution in [-0.2, 0) is 13.0 Å². The molecule has 1 aromatic heterocycles. The van der Waals surface area contributed by atoms with E-state index in [1.165, 1.54) is 5.69 Å². The molecule has 0 saturated carbocycles. The normalized spacial score (nSPS) is 16.4. The third-order valence-corrected chi connectivity index (χ3v) is 1.89. The van der Waals surface area contributed by atoms with E-state index in [9.17, 15) is 0 Å². The summed E-state index contributed by atoms with van der Waals surface area (Å²) in [5.41, 5.74) is 1.35. The molecule has 0 amide bonds. The molecule has 0 fully saturated rings. The van der Waals surface area contributed by atoms with Crippen LogP contribution < -0.4 is 5.32 Å². The van der Waals surface area contributed by atoms with E-state index in [4.69, 9.17) is 0 Å². The van der Waals surface area contributed by atoms with Crippen molar-refractivity contribution in [2.75, 3.05) is 13.1 Å². The van der Waals surface area contributed by atoms with Gasteiger partial charge in [0.15, 0.2) is 0 Å². The molecule has 0 unspecified atom stereocenters. The molecule has 2 rings (SSSR count). The second-order valence-electron chi connectivity index (χ2n) is 2.58. The molecule has 0 aromatic carbocycles. The maximum Gasteiger partial charge on any atom is 0.0948 e. The number of hydrogen-bond donors (Lipinski definition) is 1. The zero-order chi connectivity index (χ0) is 6.81. The Morgan fingerprint density at radius 2 is 2.36 bits per heavy atom. The smallest absolute Gasteiger partial charge is 0.0948 e. The van der Waals surface area contributed by atoms with Crippen molar-refractivity contribution < 1.29 is 0 Å². The number of nitrogens with one attached hydrogen (secondary N) is 1. The molecule has 0 atom stereocenters. The minimum absolute atomic E-state index is 0. The Morgan fingerprint density at radius 3 is 3.27 bits per heavy atom. The Balaban J connectivity index is 0.000000605. The highest BCUT2D eigenvalue weighted by atomic mass is 35.5. The van der Waals surface area contributed by atoms with Crippen LogP contribution in [-0.4, -0.2) is 22.6 Å². The third kappa shape index (κ3) is 1.73. The minimum atomic E-state index is 0. The molecular weight excluding hydrogens is 162 g/mol. The van der Waals surface area contributed by atoms with Gasteiger partial charge in [0.05, 0.1) is 6.33 Å². The lowest BCUT2D eigenvalue weighted by atomic mass is 10.3. The molecule has 3 nitrogen and oxygen atoms in total. The highest BCUT2D eigenvalue weighted by Gasteiger charge is 2.04. The number of halogens is 1. The van der Waals surface area contributed by atoms with Crippen LogP contribution >= 0.6 is 12.4 Å². The molecule has 4 heteroatoms. The number of aromatic nitrogens is 2. The van der Waals surface area contributed by atoms with Crippen LogP contribution in [0.5, 0.6) is 0 Å². The summed E-state index contributed by atoms with van der Waals surface area (Å²) in [6.45, 7) is 3.23. The standard InChI is InChI=1S/C7H11N3.ClH/c1-2-8-3-4-10-6-9-5-7(1)10;/h5-6,8H,1-4H2;1H. The van der Waals surface area contributed by atoms with E-state index in [1.807, 2.05) is 12.5 Å². The molecule has 1 aliphatic heterocycles. The van der Waals surface area contributed by atoms with Gasteiger partial charge in [-0.1, -0.05) is 0 Å². The Hall–Kier alpha value is -0.540. The fraction of sp³-hybridized carbons (Fsp3) is 0.571. The Morgan fingerprint density at radius 1 is 1.45 bits per heavy atom. The van der Waals surface area contributed by atoms with Crippen LogP contribution in [0.1, 0.15) is 5.69 Å². The summed E-state index contributed by atoms with van der Waals surface area (Å²) >= 11 is 0. The van der Waals surface area contributed by atoms with Gasteiger partial charge in [-0.2, -0.15) is 0 Å². The van der Waals surface area contributed by atoms with Crippen molar-refractivity contribution in [2.24, 2.45) is 0 Å². The van der Waals surface area contributed by atoms with Crippen molar-refractivity contribution in [3.05, 3.63) is 18.2 Å². The lowest BCUT2D eigenvalue weighted by molar-refractivity contribution is 0.643. The molecule has 0 aliphatic carbocycles. The Kier molecular flexibility index (Phi) is 2.91. The molecule has 1 aromatic rings. The minimum Gasteiger partial charge on any atom is -0.333 e. The van der Waals surface area contributed by atoms with E-state index in [0.29, 0.717) is 0 Å². The van der Waals surface area contributed by atoms with Crippen LogP contribution in [0.15, 0.2) is 12.5 Å². The van der Waals surface area contributed by atoms with Gasteiger partial charge in [-0.05, 0) is 0 Å². The van der Waals surface area contributed by atoms with Crippen LogP contribution in [0.4, 0.5) is 0 Å². The van der Waals surface area contributed by atoms with Crippen LogP contribution in [0, 0.1) is 0 Å². The summed E-state index contributed by atoms with van der Waals surface area (Å²) < 4.78 is 2.21. The van der Waals surface area contributed by atoms with Gasteiger partial charge in [-0.15, -0.1) is 12.4 Å². The van der Waals surface area contributed by atoms with E-state index in [0.717, 1.165) is 26.1 Å². The SMILES string of the molecule is Cl.c1ncn2c1CCNCC2. The van der Waals surface area contributed by atoms with E-state index in [2.05, 4.69) is 14.9 Å². The predicted octanol–water partition coefficient (Wildman–Crippen LogP) is 0.451. The maximum absolute atomic E-state index is 4.08. The zero-order valence-electron chi connectivity index (χ0n) is 6.29. The Bertz CT molecular complexity index is 201. The van der Waals surface area contributed by atoms with Crippen molar-refractivity contribution in [1.82, 2.24) is 14.9 Å². The molecule has 0 saturated heterocycles. The molecular formula is C7H12ClN3. The van der Waals surface area contributed by atoms with E-state index in [-0.39, 0.29) is 12.4 Å². The first kappa shape index (κ1) is 8.56. The van der Waals surface area contributed by atoms with Crippen molar-refractivity contribution >= 4 is 12.4 Å². The lowest BCUT2D eigenvalue weighted by Gasteiger charge is -1.98. The summed E-state index contributed by atoms with van der Waals surface area (Å²) in [6.07, 6.45) is 4.97. The number of imidazole rings is 1. The summed E-state index contributed by atoms with van der Waals surface area (Å²) in [7, 11) is 0. The van der Waals surface area contributed by atoms with Gasteiger partial charge in [0.1, 0.15) is 0 Å². The monoisotopic (exact) mass is 173 g/mol. The van der Waals surface area contributed by atoms with Gasteiger partial charge < -0.3 is 9.88 Å². The predicted molar refractivity (Wildman–Crippen MR) is 46.0 cm³/mol. The largest absolute Gasteiger partial charge is 0.333 e. The van der Waals surface area contributed by atoms with Crippen LogP contribution in [0.2, 0.25) is 0 Å². The molecule has 0 radical (unpaired) electrons. The van der Waals surface area contributed by atoms with Gasteiger partial charge >= 0.3 is 0 Å². The molecule has 2 heterocycles. The zero-order valence-corrected chi connectivity index (χ0v) is 7.10. The van der Waals surface area contributed by atoms with Crippen molar-refractivity contribution in [2.45, 2.75) is 13.0 Å². The summed E-state index contributed by atoms with van der Waals surface area (Å²) in [4.78, 5) is 4.08. The fourth-order valence-electron chi connectivity index (χ4n) is 1.30.